The minimum Gasteiger partial charge on any atom is -0.361 e. The normalized spacial score (nSPS) is 4.17. The Bertz CT molecular complexity index is 29.8. The average molecular weight is 87.1 g/mol. The Hall–Kier alpha value is -0.860. The Labute approximate surface area is 36.1 Å². The SMILES string of the molecule is C[C]=O.N[C]=O. The van der Waals surface area contributed by atoms with Crippen LogP contribution in [0.5, 0.6) is 0 Å². The van der Waals surface area contributed by atoms with Crippen molar-refractivity contribution < 1.29 is 9.59 Å². The van der Waals surface area contributed by atoms with Gasteiger partial charge >= 0.3 is 6.41 Å². The van der Waals surface area contributed by atoms with Crippen molar-refractivity contribution in [1.82, 2.24) is 0 Å². The van der Waals surface area contributed by atoms with Gasteiger partial charge in [0, 0.05) is 6.92 Å². The third-order valence-corrected chi connectivity index (χ3v) is 0. The molecule has 3 nitrogen and oxygen atoms in total. The molecule has 0 aliphatic rings. The molecule has 0 atom stereocenters. The molecule has 0 aliphatic carbocycles. The van der Waals surface area contributed by atoms with Gasteiger partial charge < -0.3 is 5.73 Å². The van der Waals surface area contributed by atoms with Crippen LogP contribution in [0.1, 0.15) is 6.92 Å². The first-order chi connectivity index (χ1) is 2.83. The Morgan fingerprint density at radius 1 is 1.50 bits per heavy atom. The van der Waals surface area contributed by atoms with E-state index in [0.29, 0.717) is 0 Å². The largest absolute Gasteiger partial charge is 0.361 e. The number of hydrogen-bond acceptors (Lipinski definition) is 2. The van der Waals surface area contributed by atoms with Crippen LogP contribution >= 0.6 is 0 Å². The van der Waals surface area contributed by atoms with Gasteiger partial charge in [-0.25, -0.2) is 0 Å². The van der Waals surface area contributed by atoms with Crippen molar-refractivity contribution in [2.45, 2.75) is 6.92 Å². The molecule has 1 amide bonds. The molecule has 2 radical (unpaired) electrons. The van der Waals surface area contributed by atoms with Gasteiger partial charge in [-0.1, -0.05) is 0 Å². The third-order valence-electron chi connectivity index (χ3n) is 0. The second-order valence-electron chi connectivity index (χ2n) is 0.322. The summed E-state index contributed by atoms with van der Waals surface area (Å²) in [5.74, 6) is 0. The van der Waals surface area contributed by atoms with Gasteiger partial charge in [0.15, 0.2) is 6.29 Å². The van der Waals surface area contributed by atoms with Crippen molar-refractivity contribution in [3.05, 3.63) is 0 Å². The van der Waals surface area contributed by atoms with Crippen molar-refractivity contribution in [3.8, 4) is 0 Å². The van der Waals surface area contributed by atoms with Gasteiger partial charge in [0.05, 0.1) is 0 Å². The van der Waals surface area contributed by atoms with Crippen LogP contribution in [0.2, 0.25) is 0 Å². The first-order valence-electron chi connectivity index (χ1n) is 1.20. The Morgan fingerprint density at radius 2 is 1.50 bits per heavy atom. The quantitative estimate of drug-likeness (QED) is 0.390. The highest BCUT2D eigenvalue weighted by molar-refractivity contribution is 5.45. The molecule has 34 valence electrons. The van der Waals surface area contributed by atoms with Gasteiger partial charge in [0.25, 0.3) is 0 Å². The lowest BCUT2D eigenvalue weighted by Crippen LogP contribution is -1.82. The fourth-order valence-corrected chi connectivity index (χ4v) is 0. The van der Waals surface area contributed by atoms with E-state index in [0.717, 1.165) is 6.41 Å². The molecular weight excluding hydrogens is 82.0 g/mol. The maximum atomic E-state index is 8.68. The number of carbonyl (C=O) groups excluding carboxylic acids is 2. The minimum absolute atomic E-state index is 1.00. The van der Waals surface area contributed by atoms with Crippen LogP contribution in [0, 0.1) is 0 Å². The van der Waals surface area contributed by atoms with E-state index in [9.17, 15) is 0 Å². The molecule has 0 aromatic carbocycles. The zero-order valence-electron chi connectivity index (χ0n) is 3.39. The lowest BCUT2D eigenvalue weighted by atomic mass is 11.0. The highest BCUT2D eigenvalue weighted by Gasteiger charge is 1.29. The van der Waals surface area contributed by atoms with Gasteiger partial charge in [-0.2, -0.15) is 0 Å². The van der Waals surface area contributed by atoms with E-state index in [4.69, 9.17) is 9.59 Å². The fourth-order valence-electron chi connectivity index (χ4n) is 0. The molecule has 6 heavy (non-hydrogen) atoms. The van der Waals surface area contributed by atoms with Crippen LogP contribution in [0.25, 0.3) is 0 Å². The maximum absolute atomic E-state index is 8.68. The summed E-state index contributed by atoms with van der Waals surface area (Å²) in [5.41, 5.74) is 4.04. The Kier molecular flexibility index (Phi) is 46.8. The van der Waals surface area contributed by atoms with Crippen molar-refractivity contribution >= 4 is 12.7 Å². The molecule has 0 rings (SSSR count). The van der Waals surface area contributed by atoms with Gasteiger partial charge in [0.1, 0.15) is 0 Å². The summed E-state index contributed by atoms with van der Waals surface area (Å²) < 4.78 is 0. The van der Waals surface area contributed by atoms with E-state index in [1.165, 1.54) is 13.2 Å². The molecule has 0 aliphatic heterocycles. The molecule has 0 spiro atoms. The summed E-state index contributed by atoms with van der Waals surface area (Å²) in [7, 11) is 0. The standard InChI is InChI=1S/C2H3O.CH2NO/c1-2-3;2-1-3/h1H3;(H2,2,3). The van der Waals surface area contributed by atoms with Crippen molar-refractivity contribution in [1.29, 1.82) is 0 Å². The molecular formula is C3H5NO2. The summed E-state index contributed by atoms with van der Waals surface area (Å²) >= 11 is 0. The molecule has 0 aromatic rings. The summed E-state index contributed by atoms with van der Waals surface area (Å²) in [5, 5.41) is 0. The zero-order valence-corrected chi connectivity index (χ0v) is 3.39. The number of nitrogens with two attached hydrogens (primary N) is 1. The lowest BCUT2D eigenvalue weighted by molar-refractivity contribution is 0.557. The van der Waals surface area contributed by atoms with Crippen molar-refractivity contribution in [2.24, 2.45) is 5.73 Å². The van der Waals surface area contributed by atoms with E-state index >= 15 is 0 Å². The van der Waals surface area contributed by atoms with E-state index in [1.54, 1.807) is 0 Å². The van der Waals surface area contributed by atoms with Crippen molar-refractivity contribution in [2.75, 3.05) is 0 Å². The number of hydrogen-bond donors (Lipinski definition) is 1. The predicted octanol–water partition coefficient (Wildman–Crippen LogP) is -0.872. The number of primary amides is 1. The van der Waals surface area contributed by atoms with E-state index < -0.39 is 0 Å². The van der Waals surface area contributed by atoms with Gasteiger partial charge in [0.2, 0.25) is 0 Å². The smallest absolute Gasteiger partial charge is 0.306 e. The van der Waals surface area contributed by atoms with Crippen LogP contribution in [-0.2, 0) is 9.59 Å². The van der Waals surface area contributed by atoms with Gasteiger partial charge in [-0.05, 0) is 0 Å². The van der Waals surface area contributed by atoms with Crippen LogP contribution in [0.3, 0.4) is 0 Å². The monoisotopic (exact) mass is 87.0 g/mol. The summed E-state index contributed by atoms with van der Waals surface area (Å²) in [6, 6.07) is 0. The average Bonchev–Trinajstić information content (AvgIpc) is 1.39. The molecule has 0 heterocycles. The summed E-state index contributed by atoms with van der Waals surface area (Å²) in [6.45, 7) is 1.32. The predicted molar refractivity (Wildman–Crippen MR) is 21.2 cm³/mol. The molecule has 0 bridgehead atoms. The van der Waals surface area contributed by atoms with E-state index in [1.807, 2.05) is 0 Å². The minimum atomic E-state index is 1.00. The molecule has 0 saturated heterocycles. The topological polar surface area (TPSA) is 60.2 Å². The highest BCUT2D eigenvalue weighted by Crippen LogP contribution is 1.13. The second kappa shape index (κ2) is 31.4. The lowest BCUT2D eigenvalue weighted by Gasteiger charge is -1.28. The molecule has 0 unspecified atom stereocenters. The second-order valence-corrected chi connectivity index (χ2v) is 0.322. The van der Waals surface area contributed by atoms with Crippen LogP contribution in [0.15, 0.2) is 0 Å². The summed E-state index contributed by atoms with van der Waals surface area (Å²) in [4.78, 5) is 17.1. The van der Waals surface area contributed by atoms with Crippen LogP contribution in [-0.4, -0.2) is 12.7 Å². The van der Waals surface area contributed by atoms with E-state index in [2.05, 4.69) is 5.73 Å². The number of amides is 1. The number of rotatable bonds is 0. The Balaban J connectivity index is 0. The molecule has 2 N–H and O–H groups in total. The first-order valence-corrected chi connectivity index (χ1v) is 1.20. The molecule has 0 saturated carbocycles. The first kappa shape index (κ1) is 8.94. The Morgan fingerprint density at radius 3 is 1.50 bits per heavy atom. The summed E-state index contributed by atoms with van der Waals surface area (Å²) in [6.07, 6.45) is 2.50. The molecule has 0 aromatic heterocycles. The van der Waals surface area contributed by atoms with Gasteiger partial charge in [-0.15, -0.1) is 0 Å². The zero-order chi connectivity index (χ0) is 5.41. The van der Waals surface area contributed by atoms with E-state index in [-0.39, 0.29) is 0 Å². The van der Waals surface area contributed by atoms with Crippen molar-refractivity contribution in [3.63, 3.8) is 0 Å². The van der Waals surface area contributed by atoms with Crippen LogP contribution < -0.4 is 5.73 Å². The fraction of sp³-hybridized carbons (Fsp3) is 0.333. The molecule has 3 heteroatoms. The third kappa shape index (κ3) is 19.4. The molecule has 0 fully saturated rings. The highest BCUT2D eigenvalue weighted by atomic mass is 16.1. The van der Waals surface area contributed by atoms with Crippen LogP contribution in [0.4, 0.5) is 0 Å². The van der Waals surface area contributed by atoms with Gasteiger partial charge in [-0.3, -0.25) is 9.59 Å². The maximum Gasteiger partial charge on any atom is 0.306 e.